The molecule has 2 atom stereocenters. The third kappa shape index (κ3) is 6.21. The van der Waals surface area contributed by atoms with Crippen LogP contribution in [0.5, 0.6) is 5.75 Å². The molecule has 1 aliphatic carbocycles. The molecule has 4 heterocycles. The average molecular weight is 551 g/mol. The molecule has 0 radical (unpaired) electrons. The summed E-state index contributed by atoms with van der Waals surface area (Å²) in [5.41, 5.74) is 3.84. The monoisotopic (exact) mass is 550 g/mol. The number of pyridine rings is 2. The van der Waals surface area contributed by atoms with Gasteiger partial charge < -0.3 is 15.4 Å². The van der Waals surface area contributed by atoms with Crippen LogP contribution in [0, 0.1) is 6.92 Å². The second-order valence-electron chi connectivity index (χ2n) is 10.1. The summed E-state index contributed by atoms with van der Waals surface area (Å²) in [5, 5.41) is 23.6. The lowest BCUT2D eigenvalue weighted by Gasteiger charge is -2.15. The minimum absolute atomic E-state index is 0.153. The zero-order valence-corrected chi connectivity index (χ0v) is 22.8. The van der Waals surface area contributed by atoms with Gasteiger partial charge in [0.2, 0.25) is 5.95 Å². The average Bonchev–Trinajstić information content (AvgIpc) is 3.65. The Hall–Kier alpha value is -5.13. The Morgan fingerprint density at radius 1 is 0.902 bits per heavy atom. The molecule has 5 aromatic rings. The van der Waals surface area contributed by atoms with Crippen LogP contribution in [0.1, 0.15) is 30.5 Å². The summed E-state index contributed by atoms with van der Waals surface area (Å²) in [4.78, 5) is 21.6. The summed E-state index contributed by atoms with van der Waals surface area (Å²) in [5.74, 6) is 2.12. The fourth-order valence-electron chi connectivity index (χ4n) is 4.91. The lowest BCUT2D eigenvalue weighted by Crippen LogP contribution is -2.22. The standard InChI is InChI=1S/C29H30N10O2/c1-19-14-31-29(36-34-19)33-23-7-6-22(13-23)32-27-11-8-24(15-30-27)39-17-21(5-12-28(39)40)26-18-38(37-35-26)16-20-3-9-25(41-2)10-4-20/h3-5,8-12,14-15,17-18,22-23H,6-7,13,16H2,1-2H3,(H,30,32)(H,31,33,36)/t22-,23-/m0/s1. The molecule has 1 saturated carbocycles. The Balaban J connectivity index is 1.10. The van der Waals surface area contributed by atoms with Crippen molar-refractivity contribution in [3.8, 4) is 22.7 Å². The van der Waals surface area contributed by atoms with E-state index in [0.29, 0.717) is 23.9 Å². The van der Waals surface area contributed by atoms with Gasteiger partial charge in [0.15, 0.2) is 0 Å². The smallest absolute Gasteiger partial charge is 0.255 e. The number of aromatic nitrogens is 8. The van der Waals surface area contributed by atoms with E-state index in [4.69, 9.17) is 4.74 Å². The van der Waals surface area contributed by atoms with Crippen LogP contribution in [-0.4, -0.2) is 58.9 Å². The molecule has 1 fully saturated rings. The Morgan fingerprint density at radius 2 is 1.73 bits per heavy atom. The highest BCUT2D eigenvalue weighted by Gasteiger charge is 2.25. The largest absolute Gasteiger partial charge is 0.497 e. The van der Waals surface area contributed by atoms with Crippen molar-refractivity contribution >= 4 is 11.8 Å². The zero-order chi connectivity index (χ0) is 28.2. The number of rotatable bonds is 9. The Labute approximate surface area is 236 Å². The van der Waals surface area contributed by atoms with Crippen molar-refractivity contribution in [1.29, 1.82) is 0 Å². The fraction of sp³-hybridized carbons (Fsp3) is 0.276. The normalized spacial score (nSPS) is 16.4. The van der Waals surface area contributed by atoms with Gasteiger partial charge >= 0.3 is 0 Å². The third-order valence-corrected chi connectivity index (χ3v) is 7.07. The van der Waals surface area contributed by atoms with Gasteiger partial charge in [0.25, 0.3) is 5.56 Å². The van der Waals surface area contributed by atoms with Crippen LogP contribution in [-0.2, 0) is 6.54 Å². The van der Waals surface area contributed by atoms with E-state index in [9.17, 15) is 4.79 Å². The molecule has 0 amide bonds. The predicted octanol–water partition coefficient (Wildman–Crippen LogP) is 3.49. The van der Waals surface area contributed by atoms with Crippen LogP contribution < -0.4 is 20.9 Å². The molecule has 6 rings (SSSR count). The molecule has 12 nitrogen and oxygen atoms in total. The highest BCUT2D eigenvalue weighted by atomic mass is 16.5. The molecule has 0 bridgehead atoms. The van der Waals surface area contributed by atoms with Gasteiger partial charge in [-0.2, -0.15) is 5.10 Å². The van der Waals surface area contributed by atoms with E-state index in [1.165, 1.54) is 6.07 Å². The first-order valence-corrected chi connectivity index (χ1v) is 13.4. The first-order valence-electron chi connectivity index (χ1n) is 13.4. The van der Waals surface area contributed by atoms with E-state index >= 15 is 0 Å². The number of benzene rings is 1. The first-order chi connectivity index (χ1) is 20.0. The van der Waals surface area contributed by atoms with Crippen molar-refractivity contribution in [2.45, 2.75) is 44.8 Å². The van der Waals surface area contributed by atoms with Crippen molar-refractivity contribution in [3.05, 3.63) is 94.9 Å². The van der Waals surface area contributed by atoms with Crippen LogP contribution in [0.4, 0.5) is 11.8 Å². The van der Waals surface area contributed by atoms with Crippen molar-refractivity contribution in [1.82, 2.24) is 39.7 Å². The molecule has 4 aromatic heterocycles. The molecule has 1 aliphatic rings. The van der Waals surface area contributed by atoms with E-state index in [1.54, 1.807) is 41.0 Å². The van der Waals surface area contributed by atoms with Gasteiger partial charge in [-0.1, -0.05) is 17.3 Å². The van der Waals surface area contributed by atoms with E-state index < -0.39 is 0 Å². The van der Waals surface area contributed by atoms with Gasteiger partial charge in [0.05, 0.1) is 43.6 Å². The topological polar surface area (TPSA) is 138 Å². The SMILES string of the molecule is COc1ccc(Cn2cc(-c3ccc(=O)n(-c4ccc(N[C@H]5CC[C@H](Nc6ncc(C)nn6)C5)nc4)c3)nn2)cc1. The molecule has 0 saturated heterocycles. The summed E-state index contributed by atoms with van der Waals surface area (Å²) in [6.07, 6.45) is 9.96. The van der Waals surface area contributed by atoms with Crippen molar-refractivity contribution in [3.63, 3.8) is 0 Å². The van der Waals surface area contributed by atoms with Gasteiger partial charge in [-0.15, -0.1) is 10.2 Å². The van der Waals surface area contributed by atoms with Crippen LogP contribution >= 0.6 is 0 Å². The molecule has 208 valence electrons. The quantitative estimate of drug-likeness (QED) is 0.280. The highest BCUT2D eigenvalue weighted by molar-refractivity contribution is 5.57. The van der Waals surface area contributed by atoms with E-state index in [2.05, 4.69) is 41.1 Å². The maximum Gasteiger partial charge on any atom is 0.255 e. The predicted molar refractivity (Wildman–Crippen MR) is 154 cm³/mol. The van der Waals surface area contributed by atoms with Crippen LogP contribution in [0.3, 0.4) is 0 Å². The Bertz CT molecular complexity index is 1660. The second kappa shape index (κ2) is 11.5. The second-order valence-corrected chi connectivity index (χ2v) is 10.1. The minimum Gasteiger partial charge on any atom is -0.497 e. The molecule has 0 aliphatic heterocycles. The summed E-state index contributed by atoms with van der Waals surface area (Å²) >= 11 is 0. The molecule has 1 aromatic carbocycles. The molecule has 12 heteroatoms. The minimum atomic E-state index is -0.153. The van der Waals surface area contributed by atoms with Gasteiger partial charge in [-0.3, -0.25) is 9.36 Å². The fourth-order valence-corrected chi connectivity index (χ4v) is 4.91. The van der Waals surface area contributed by atoms with Crippen LogP contribution in [0.2, 0.25) is 0 Å². The molecular formula is C29H30N10O2. The highest BCUT2D eigenvalue weighted by Crippen LogP contribution is 2.25. The maximum absolute atomic E-state index is 12.7. The zero-order valence-electron chi connectivity index (χ0n) is 22.8. The van der Waals surface area contributed by atoms with Crippen molar-refractivity contribution in [2.24, 2.45) is 0 Å². The van der Waals surface area contributed by atoms with Crippen LogP contribution in [0.15, 0.2) is 78.1 Å². The van der Waals surface area contributed by atoms with Gasteiger partial charge in [0, 0.05) is 29.9 Å². The van der Waals surface area contributed by atoms with E-state index in [-0.39, 0.29) is 17.6 Å². The Kier molecular flexibility index (Phi) is 7.35. The number of methoxy groups -OCH3 is 1. The number of nitrogens with one attached hydrogen (secondary N) is 2. The number of anilines is 2. The molecule has 0 unspecified atom stereocenters. The third-order valence-electron chi connectivity index (χ3n) is 7.07. The van der Waals surface area contributed by atoms with Gasteiger partial charge in [-0.25, -0.2) is 14.6 Å². The number of nitrogens with zero attached hydrogens (tertiary/aromatic N) is 8. The number of ether oxygens (including phenoxy) is 1. The van der Waals surface area contributed by atoms with E-state index in [0.717, 1.165) is 47.7 Å². The summed E-state index contributed by atoms with van der Waals surface area (Å²) in [6.45, 7) is 2.44. The summed E-state index contributed by atoms with van der Waals surface area (Å²) in [7, 11) is 1.64. The van der Waals surface area contributed by atoms with Crippen LogP contribution in [0.25, 0.3) is 16.9 Å². The molecular weight excluding hydrogens is 520 g/mol. The number of aryl methyl sites for hydroxylation is 1. The van der Waals surface area contributed by atoms with Crippen molar-refractivity contribution < 1.29 is 4.74 Å². The first kappa shape index (κ1) is 26.1. The number of hydrogen-bond acceptors (Lipinski definition) is 10. The van der Waals surface area contributed by atoms with Gasteiger partial charge in [0.1, 0.15) is 17.3 Å². The molecule has 0 spiro atoms. The maximum atomic E-state index is 12.7. The lowest BCUT2D eigenvalue weighted by atomic mass is 10.2. The molecule has 41 heavy (non-hydrogen) atoms. The number of hydrogen-bond donors (Lipinski definition) is 2. The van der Waals surface area contributed by atoms with Crippen molar-refractivity contribution in [2.75, 3.05) is 17.7 Å². The summed E-state index contributed by atoms with van der Waals surface area (Å²) < 4.78 is 8.56. The Morgan fingerprint density at radius 3 is 2.46 bits per heavy atom. The summed E-state index contributed by atoms with van der Waals surface area (Å²) in [6, 6.07) is 15.4. The molecule has 2 N–H and O–H groups in total. The lowest BCUT2D eigenvalue weighted by molar-refractivity contribution is 0.414. The van der Waals surface area contributed by atoms with Gasteiger partial charge in [-0.05, 0) is 62.1 Å². The van der Waals surface area contributed by atoms with E-state index in [1.807, 2.05) is 49.5 Å².